The van der Waals surface area contributed by atoms with Gasteiger partial charge in [-0.2, -0.15) is 16.8 Å². The Kier molecular flexibility index (Phi) is 8.79. The smallest absolute Gasteiger partial charge is 0.289 e. The minimum atomic E-state index is -5.35. The van der Waals surface area contributed by atoms with Gasteiger partial charge in [0, 0.05) is 29.8 Å². The van der Waals surface area contributed by atoms with E-state index in [4.69, 9.17) is 0 Å². The molecule has 2 aromatic carbocycles. The molecule has 0 spiro atoms. The fourth-order valence-electron chi connectivity index (χ4n) is 4.27. The zero-order valence-corrected chi connectivity index (χ0v) is 24.7. The summed E-state index contributed by atoms with van der Waals surface area (Å²) >= 11 is 0. The molecule has 0 bridgehead atoms. The van der Waals surface area contributed by atoms with Crippen LogP contribution in [0.2, 0.25) is 0 Å². The summed E-state index contributed by atoms with van der Waals surface area (Å²) in [5.74, 6) is -2.04. The van der Waals surface area contributed by atoms with Gasteiger partial charge in [0.2, 0.25) is 0 Å². The van der Waals surface area contributed by atoms with E-state index in [9.17, 15) is 52.4 Å². The van der Waals surface area contributed by atoms with Crippen LogP contribution in [0, 0.1) is 0 Å². The van der Waals surface area contributed by atoms with Gasteiger partial charge in [0.25, 0.3) is 20.0 Å². The zero-order chi connectivity index (χ0) is 30.4. The summed E-state index contributed by atoms with van der Waals surface area (Å²) < 4.78 is 120. The average molecular weight is 639 g/mol. The van der Waals surface area contributed by atoms with Crippen LogP contribution in [-0.2, 0) is 47.1 Å². The van der Waals surface area contributed by atoms with Gasteiger partial charge in [-0.05, 0) is 49.1 Å². The van der Waals surface area contributed by atoms with Crippen LogP contribution >= 0.6 is 0 Å². The third kappa shape index (κ3) is 5.49. The van der Waals surface area contributed by atoms with E-state index < -0.39 is 91.8 Å². The highest BCUT2D eigenvalue weighted by Gasteiger charge is 2.43. The van der Waals surface area contributed by atoms with E-state index in [1.54, 1.807) is 0 Å². The topological polar surface area (TPSA) is 218 Å². The zero-order valence-electron chi connectivity index (χ0n) is 21.4. The Bertz CT molecular complexity index is 1830. The Morgan fingerprint density at radius 3 is 1.62 bits per heavy atom. The molecule has 1 aliphatic rings. The second-order valence-electron chi connectivity index (χ2n) is 8.65. The normalized spacial score (nSPS) is 14.5. The van der Waals surface area contributed by atoms with Crippen molar-refractivity contribution in [1.82, 2.24) is 7.42 Å². The second-order valence-corrected chi connectivity index (χ2v) is 15.5. The van der Waals surface area contributed by atoms with E-state index in [0.717, 1.165) is 12.1 Å². The third-order valence-electron chi connectivity index (χ3n) is 5.99. The highest BCUT2D eigenvalue weighted by atomic mass is 32.3. The van der Waals surface area contributed by atoms with Crippen LogP contribution in [0.15, 0.2) is 40.1 Å². The van der Waals surface area contributed by atoms with Crippen molar-refractivity contribution in [3.8, 4) is 0 Å². The number of sulfonamides is 2. The lowest BCUT2D eigenvalue weighted by atomic mass is 9.83. The molecule has 0 heterocycles. The number of carbonyl (C=O) groups is 2. The first-order valence-corrected chi connectivity index (χ1v) is 17.4. The predicted octanol–water partition coefficient (Wildman–Crippen LogP) is 1.43. The number of fused-ring (bicyclic) bond motifs is 2. The molecule has 0 saturated carbocycles. The standard InChI is InChI=1S/C22H26N2O12S4/c1-4-11-23(39(31,32)33)37(27,28)15-8-10-16-18(13-15)21(26)19-17(20(16)25)9-7-14(6-3)22(19)38(29,30)24(12-5-2)40(34,35)36/h7-10,13H,4-6,11-12H2,1-3H3,(H,31,32,33)(H,34,35,36). The first kappa shape index (κ1) is 31.9. The quantitative estimate of drug-likeness (QED) is 0.285. The molecule has 0 atom stereocenters. The maximum atomic E-state index is 13.8. The van der Waals surface area contributed by atoms with Crippen molar-refractivity contribution in [3.05, 3.63) is 58.1 Å². The largest absolute Gasteiger partial charge is 0.349 e. The Morgan fingerprint density at radius 2 is 1.15 bits per heavy atom. The minimum Gasteiger partial charge on any atom is -0.289 e. The Labute approximate surface area is 232 Å². The molecular weight excluding hydrogens is 613 g/mol. The van der Waals surface area contributed by atoms with E-state index in [1.807, 2.05) is 0 Å². The first-order valence-electron chi connectivity index (χ1n) is 11.8. The monoisotopic (exact) mass is 638 g/mol. The maximum Gasteiger partial charge on any atom is 0.349 e. The molecule has 3 rings (SSSR count). The summed E-state index contributed by atoms with van der Waals surface area (Å²) in [6.07, 6.45) is -0.109. The third-order valence-corrected chi connectivity index (χ3v) is 13.0. The van der Waals surface area contributed by atoms with Crippen molar-refractivity contribution in [2.75, 3.05) is 13.1 Å². The summed E-state index contributed by atoms with van der Waals surface area (Å²) in [6, 6.07) is 4.90. The summed E-state index contributed by atoms with van der Waals surface area (Å²) in [6.45, 7) is 3.07. The fourth-order valence-corrected chi connectivity index (χ4v) is 10.4. The lowest BCUT2D eigenvalue weighted by molar-refractivity contribution is 0.0976. The van der Waals surface area contributed by atoms with Gasteiger partial charge in [-0.15, -0.1) is 0 Å². The summed E-state index contributed by atoms with van der Waals surface area (Å²) in [7, 11) is -20.7. The summed E-state index contributed by atoms with van der Waals surface area (Å²) in [5, 5.41) is 0. The Hall–Kier alpha value is -2.58. The van der Waals surface area contributed by atoms with Crippen molar-refractivity contribution in [2.24, 2.45) is 0 Å². The van der Waals surface area contributed by atoms with Gasteiger partial charge >= 0.3 is 20.6 Å². The second kappa shape index (κ2) is 11.0. The van der Waals surface area contributed by atoms with E-state index in [2.05, 4.69) is 0 Å². The van der Waals surface area contributed by atoms with Crippen molar-refractivity contribution in [2.45, 2.75) is 49.8 Å². The predicted molar refractivity (Wildman–Crippen MR) is 141 cm³/mol. The minimum absolute atomic E-state index is 0.0161. The molecule has 0 amide bonds. The molecule has 220 valence electrons. The molecule has 14 nitrogen and oxygen atoms in total. The van der Waals surface area contributed by atoms with E-state index in [-0.39, 0.29) is 37.8 Å². The molecule has 0 aromatic heterocycles. The molecule has 0 radical (unpaired) electrons. The number of benzene rings is 2. The van der Waals surface area contributed by atoms with Gasteiger partial charge in [-0.1, -0.05) is 34.3 Å². The molecule has 0 aliphatic heterocycles. The lowest BCUT2D eigenvalue weighted by Gasteiger charge is -2.26. The van der Waals surface area contributed by atoms with Crippen LogP contribution in [0.1, 0.15) is 71.0 Å². The van der Waals surface area contributed by atoms with Crippen LogP contribution in [-0.4, -0.2) is 74.9 Å². The van der Waals surface area contributed by atoms with Gasteiger partial charge in [0.15, 0.2) is 11.6 Å². The maximum absolute atomic E-state index is 13.8. The fraction of sp³-hybridized carbons (Fsp3) is 0.364. The average Bonchev–Trinajstić information content (AvgIpc) is 2.86. The molecule has 2 N–H and O–H groups in total. The number of nitrogens with zero attached hydrogens (tertiary/aromatic N) is 2. The Balaban J connectivity index is 2.36. The van der Waals surface area contributed by atoms with Gasteiger partial charge in [0.1, 0.15) is 0 Å². The first-order chi connectivity index (χ1) is 18.3. The molecule has 18 heteroatoms. The molecule has 0 saturated heterocycles. The SMILES string of the molecule is CCCN(S(=O)(=O)O)S(=O)(=O)c1ccc2c(c1)C(=O)c1c(ccc(CC)c1S(=O)(=O)N(CCC)S(=O)(=O)O)C2=O. The molecular formula is C22H26N2O12S4. The highest BCUT2D eigenvalue weighted by Crippen LogP contribution is 2.37. The van der Waals surface area contributed by atoms with Crippen LogP contribution in [0.25, 0.3) is 0 Å². The van der Waals surface area contributed by atoms with Gasteiger partial charge in [0.05, 0.1) is 15.4 Å². The molecule has 0 fully saturated rings. The van der Waals surface area contributed by atoms with Gasteiger partial charge in [-0.25, -0.2) is 16.8 Å². The number of hydrogen-bond acceptors (Lipinski definition) is 10. The molecule has 2 aromatic rings. The van der Waals surface area contributed by atoms with Crippen LogP contribution in [0.5, 0.6) is 0 Å². The van der Waals surface area contributed by atoms with Crippen molar-refractivity contribution in [3.63, 3.8) is 0 Å². The van der Waals surface area contributed by atoms with Gasteiger partial charge in [-0.3, -0.25) is 18.7 Å². The number of aryl methyl sites for hydroxylation is 1. The van der Waals surface area contributed by atoms with Crippen LogP contribution < -0.4 is 0 Å². The molecule has 40 heavy (non-hydrogen) atoms. The van der Waals surface area contributed by atoms with Crippen molar-refractivity contribution < 1.29 is 52.4 Å². The lowest BCUT2D eigenvalue weighted by Crippen LogP contribution is -2.39. The highest BCUT2D eigenvalue weighted by molar-refractivity contribution is 8.02. The molecule has 0 unspecified atom stereocenters. The number of carbonyl (C=O) groups excluding carboxylic acids is 2. The van der Waals surface area contributed by atoms with Crippen molar-refractivity contribution >= 4 is 52.2 Å². The summed E-state index contributed by atoms with van der Waals surface area (Å²) in [5.41, 5.74) is -2.10. The van der Waals surface area contributed by atoms with E-state index in [1.165, 1.54) is 32.9 Å². The number of rotatable bonds is 11. The Morgan fingerprint density at radius 1 is 0.650 bits per heavy atom. The van der Waals surface area contributed by atoms with E-state index in [0.29, 0.717) is 6.07 Å². The van der Waals surface area contributed by atoms with Crippen LogP contribution in [0.4, 0.5) is 0 Å². The number of hydrogen-bond donors (Lipinski definition) is 2. The van der Waals surface area contributed by atoms with Crippen molar-refractivity contribution in [1.29, 1.82) is 0 Å². The van der Waals surface area contributed by atoms with E-state index >= 15 is 0 Å². The van der Waals surface area contributed by atoms with Crippen LogP contribution in [0.3, 0.4) is 0 Å². The molecule has 1 aliphatic carbocycles. The van der Waals surface area contributed by atoms with Gasteiger partial charge < -0.3 is 0 Å². The summed E-state index contributed by atoms with van der Waals surface area (Å²) in [4.78, 5) is 25.5. The number of ketones is 2.